The number of aldehydes is 1. The fourth-order valence-electron chi connectivity index (χ4n) is 4.38. The largest absolute Gasteiger partial charge is 0.388 e. The van der Waals surface area contributed by atoms with E-state index >= 15 is 0 Å². The molecule has 3 unspecified atom stereocenters. The number of nitrogens with zero attached hydrogens (tertiary/aromatic N) is 2. The lowest BCUT2D eigenvalue weighted by molar-refractivity contribution is -0.133. The molecule has 8 heteroatoms. The van der Waals surface area contributed by atoms with Crippen LogP contribution >= 0.6 is 0 Å². The minimum absolute atomic E-state index is 0.160. The average Bonchev–Trinajstić information content (AvgIpc) is 3.61. The van der Waals surface area contributed by atoms with E-state index < -0.39 is 12.1 Å². The van der Waals surface area contributed by atoms with Gasteiger partial charge in [-0.05, 0) is 48.6 Å². The maximum absolute atomic E-state index is 13.1. The van der Waals surface area contributed by atoms with Crippen molar-refractivity contribution in [3.63, 3.8) is 0 Å². The topological polar surface area (TPSA) is 118 Å². The Morgan fingerprint density at radius 2 is 1.74 bits per heavy atom. The zero-order valence-electron chi connectivity index (χ0n) is 22.1. The number of para-hydroxylation sites is 1. The number of likely N-dealkylation sites (tertiary alicyclic amines) is 1. The van der Waals surface area contributed by atoms with Gasteiger partial charge in [-0.3, -0.25) is 9.59 Å². The van der Waals surface area contributed by atoms with Crippen molar-refractivity contribution in [3.05, 3.63) is 78.5 Å². The lowest BCUT2D eigenvalue weighted by Crippen LogP contribution is -2.50. The summed E-state index contributed by atoms with van der Waals surface area (Å²) in [5.74, 6) is -0.878. The lowest BCUT2D eigenvalue weighted by atomic mass is 10.0. The van der Waals surface area contributed by atoms with Gasteiger partial charge in [0.1, 0.15) is 24.1 Å². The maximum Gasteiger partial charge on any atom is 0.268 e. The molecule has 1 aliphatic heterocycles. The van der Waals surface area contributed by atoms with Gasteiger partial charge >= 0.3 is 0 Å². The zero-order chi connectivity index (χ0) is 27.5. The second kappa shape index (κ2) is 13.8. The molecule has 198 valence electrons. The molecular weight excluding hydrogens is 478 g/mol. The summed E-state index contributed by atoms with van der Waals surface area (Å²) in [6.45, 7) is 4.15. The molecule has 0 spiro atoms. The van der Waals surface area contributed by atoms with Crippen LogP contribution in [0.5, 0.6) is 0 Å². The van der Waals surface area contributed by atoms with Crippen LogP contribution in [-0.2, 0) is 9.59 Å². The van der Waals surface area contributed by atoms with Gasteiger partial charge < -0.3 is 25.3 Å². The average molecular weight is 514 g/mol. The highest BCUT2D eigenvalue weighted by molar-refractivity contribution is 5.97. The number of H-pyrrole nitrogens is 1. The van der Waals surface area contributed by atoms with Crippen LogP contribution in [0.1, 0.15) is 37.2 Å². The Kier molecular flexibility index (Phi) is 10.2. The van der Waals surface area contributed by atoms with Gasteiger partial charge in [-0.15, -0.1) is 0 Å². The van der Waals surface area contributed by atoms with Gasteiger partial charge in [0.15, 0.2) is 0 Å². The molecule has 1 aliphatic rings. The molecule has 3 aromatic rings. The van der Waals surface area contributed by atoms with E-state index in [-0.39, 0.29) is 30.2 Å². The molecule has 8 nitrogen and oxygen atoms in total. The van der Waals surface area contributed by atoms with Crippen LogP contribution in [0.3, 0.4) is 0 Å². The van der Waals surface area contributed by atoms with Crippen molar-refractivity contribution in [3.8, 4) is 17.3 Å². The van der Waals surface area contributed by atoms with Gasteiger partial charge in [0.25, 0.3) is 5.91 Å². The molecule has 3 atom stereocenters. The van der Waals surface area contributed by atoms with Crippen molar-refractivity contribution < 1.29 is 14.4 Å². The van der Waals surface area contributed by atoms with Crippen molar-refractivity contribution in [2.75, 3.05) is 18.9 Å². The predicted octanol–water partition coefficient (Wildman–Crippen LogP) is 4.49. The summed E-state index contributed by atoms with van der Waals surface area (Å²) in [7, 11) is 1.91. The summed E-state index contributed by atoms with van der Waals surface area (Å²) in [4.78, 5) is 41.6. The number of aromatic nitrogens is 1. The minimum Gasteiger partial charge on any atom is -0.388 e. The Labute approximate surface area is 224 Å². The van der Waals surface area contributed by atoms with Crippen molar-refractivity contribution in [2.45, 2.75) is 38.8 Å². The Morgan fingerprint density at radius 3 is 2.29 bits per heavy atom. The maximum atomic E-state index is 13.1. The van der Waals surface area contributed by atoms with E-state index in [2.05, 4.69) is 21.7 Å². The molecule has 0 radical (unpaired) electrons. The van der Waals surface area contributed by atoms with Crippen molar-refractivity contribution in [1.82, 2.24) is 15.2 Å². The highest BCUT2D eigenvalue weighted by atomic mass is 16.2. The summed E-state index contributed by atoms with van der Waals surface area (Å²) in [5.41, 5.74) is 3.29. The van der Waals surface area contributed by atoms with Gasteiger partial charge in [0.2, 0.25) is 5.91 Å². The molecule has 3 N–H and O–H groups in total. The first-order valence-corrected chi connectivity index (χ1v) is 12.8. The molecular formula is C30H35N5O3. The number of hydrogen-bond acceptors (Lipinski definition) is 5. The summed E-state index contributed by atoms with van der Waals surface area (Å²) in [6.07, 6.45) is 1.57. The molecule has 38 heavy (non-hydrogen) atoms. The van der Waals surface area contributed by atoms with Crippen molar-refractivity contribution in [2.24, 2.45) is 11.8 Å². The van der Waals surface area contributed by atoms with Crippen LogP contribution < -0.4 is 10.6 Å². The van der Waals surface area contributed by atoms with Gasteiger partial charge in [-0.25, -0.2) is 0 Å². The molecule has 1 saturated heterocycles. The molecule has 0 bridgehead atoms. The van der Waals surface area contributed by atoms with Gasteiger partial charge in [0.05, 0.1) is 6.07 Å². The monoisotopic (exact) mass is 513 g/mol. The zero-order valence-corrected chi connectivity index (χ0v) is 22.1. The van der Waals surface area contributed by atoms with Gasteiger partial charge in [0, 0.05) is 30.9 Å². The number of aromatic amines is 1. The summed E-state index contributed by atoms with van der Waals surface area (Å²) >= 11 is 0. The van der Waals surface area contributed by atoms with Crippen molar-refractivity contribution >= 4 is 23.8 Å². The second-order valence-corrected chi connectivity index (χ2v) is 9.69. The molecule has 0 aliphatic carbocycles. The number of rotatable bonds is 8. The van der Waals surface area contributed by atoms with Crippen LogP contribution in [0.4, 0.5) is 5.69 Å². The number of carbonyl (C=O) groups is 3. The predicted molar refractivity (Wildman–Crippen MR) is 148 cm³/mol. The van der Waals surface area contributed by atoms with Gasteiger partial charge in [-0.1, -0.05) is 62.4 Å². The van der Waals surface area contributed by atoms with Gasteiger partial charge in [-0.2, -0.15) is 5.26 Å². The van der Waals surface area contributed by atoms with Crippen molar-refractivity contribution in [1.29, 1.82) is 5.26 Å². The third-order valence-corrected chi connectivity index (χ3v) is 6.35. The normalized spacial score (nSPS) is 17.1. The molecule has 1 fully saturated rings. The molecule has 1 aromatic heterocycles. The van der Waals surface area contributed by atoms with Crippen LogP contribution in [0.15, 0.2) is 72.8 Å². The quantitative estimate of drug-likeness (QED) is 0.384. The Morgan fingerprint density at radius 1 is 1.08 bits per heavy atom. The van der Waals surface area contributed by atoms with Crippen LogP contribution in [0.2, 0.25) is 0 Å². The van der Waals surface area contributed by atoms with E-state index in [4.69, 9.17) is 0 Å². The molecule has 2 aromatic carbocycles. The number of carbonyl (C=O) groups excluding carboxylic acids is 3. The number of nitriles is 1. The SMILES string of the molecule is CC(C)CC(NC(=O)c1ccc(-c2ccccc2)[nH]1)C(=O)N1CC(C=O)CC1C#N.CNc1ccccc1. The number of amides is 2. The minimum atomic E-state index is -0.762. The smallest absolute Gasteiger partial charge is 0.268 e. The number of benzene rings is 2. The summed E-state index contributed by atoms with van der Waals surface area (Å²) in [5, 5.41) is 15.2. The van der Waals surface area contributed by atoms with E-state index in [1.807, 2.05) is 87.6 Å². The fourth-order valence-corrected chi connectivity index (χ4v) is 4.38. The molecule has 0 saturated carbocycles. The van der Waals surface area contributed by atoms with E-state index in [1.165, 1.54) is 4.90 Å². The van der Waals surface area contributed by atoms with E-state index in [0.717, 1.165) is 23.2 Å². The number of anilines is 1. The first-order valence-electron chi connectivity index (χ1n) is 12.8. The Hall–Kier alpha value is -4.38. The first-order chi connectivity index (χ1) is 18.4. The van der Waals surface area contributed by atoms with E-state index in [0.29, 0.717) is 18.5 Å². The lowest BCUT2D eigenvalue weighted by Gasteiger charge is -2.27. The highest BCUT2D eigenvalue weighted by Crippen LogP contribution is 2.24. The molecule has 4 rings (SSSR count). The first kappa shape index (κ1) is 28.2. The third-order valence-electron chi connectivity index (χ3n) is 6.35. The van der Waals surface area contributed by atoms with E-state index in [1.54, 1.807) is 6.07 Å². The number of hydrogen-bond donors (Lipinski definition) is 3. The van der Waals surface area contributed by atoms with E-state index in [9.17, 15) is 19.6 Å². The summed E-state index contributed by atoms with van der Waals surface area (Å²) < 4.78 is 0. The second-order valence-electron chi connectivity index (χ2n) is 9.69. The Bertz CT molecular complexity index is 1230. The third kappa shape index (κ3) is 7.56. The number of nitrogens with one attached hydrogen (secondary N) is 3. The van der Waals surface area contributed by atoms with Crippen LogP contribution in [-0.4, -0.2) is 53.7 Å². The summed E-state index contributed by atoms with van der Waals surface area (Å²) in [6, 6.07) is 23.9. The fraction of sp³-hybridized carbons (Fsp3) is 0.333. The highest BCUT2D eigenvalue weighted by Gasteiger charge is 2.38. The Balaban J connectivity index is 0.000000427. The molecule has 2 amide bonds. The van der Waals surface area contributed by atoms with Crippen LogP contribution in [0.25, 0.3) is 11.3 Å². The molecule has 2 heterocycles. The van der Waals surface area contributed by atoms with Crippen LogP contribution in [0, 0.1) is 23.2 Å². The standard InChI is InChI=1S/C23H26N4O3.C7H9N/c1-15(2)10-21(23(30)27-13-16(14-28)11-18(27)12-24)26-22(29)20-9-8-19(25-20)17-6-4-3-5-7-17;1-8-7-5-3-2-4-6-7/h3-9,14-16,18,21,25H,10-11,13H2,1-2H3,(H,26,29);2-6,8H,1H3.